The SMILES string of the molecule is O=C1C[C@@]2(CCc3ccc(C(=O)N(O)C4CCC4)cc3C2)CN1. The standard InChI is InChI=1S/C18H22N2O3/c21-16-10-18(11-19-16)7-6-12-4-5-13(8-14(12)9-18)17(22)20(23)15-2-1-3-15/h4-5,8,15,23H,1-3,6-7,9-11H2,(H,19,21)/t18-/m0/s1. The number of fused-ring (bicyclic) bond motifs is 1. The Bertz CT molecular complexity index is 668. The fourth-order valence-corrected chi connectivity index (χ4v) is 4.04. The molecule has 1 aromatic rings. The van der Waals surface area contributed by atoms with Crippen molar-refractivity contribution in [2.45, 2.75) is 51.0 Å². The van der Waals surface area contributed by atoms with E-state index in [1.165, 1.54) is 5.56 Å². The van der Waals surface area contributed by atoms with Crippen molar-refractivity contribution in [3.05, 3.63) is 34.9 Å². The van der Waals surface area contributed by atoms with Crippen LogP contribution in [-0.4, -0.2) is 34.7 Å². The summed E-state index contributed by atoms with van der Waals surface area (Å²) in [7, 11) is 0. The van der Waals surface area contributed by atoms with Gasteiger partial charge in [0.15, 0.2) is 0 Å². The lowest BCUT2D eigenvalue weighted by molar-refractivity contribution is -0.119. The third-order valence-corrected chi connectivity index (χ3v) is 5.77. The van der Waals surface area contributed by atoms with Crippen molar-refractivity contribution < 1.29 is 14.8 Å². The Balaban J connectivity index is 1.57. The summed E-state index contributed by atoms with van der Waals surface area (Å²) in [6, 6.07) is 5.72. The molecular formula is C18H22N2O3. The predicted molar refractivity (Wildman–Crippen MR) is 84.1 cm³/mol. The molecule has 2 amide bonds. The third kappa shape index (κ3) is 2.53. The van der Waals surface area contributed by atoms with E-state index in [0.29, 0.717) is 12.0 Å². The van der Waals surface area contributed by atoms with Gasteiger partial charge in [-0.1, -0.05) is 6.07 Å². The maximum atomic E-state index is 12.4. The molecule has 1 saturated carbocycles. The molecule has 5 nitrogen and oxygen atoms in total. The molecule has 0 bridgehead atoms. The topological polar surface area (TPSA) is 69.6 Å². The number of hydrogen-bond donors (Lipinski definition) is 2. The zero-order valence-electron chi connectivity index (χ0n) is 13.2. The van der Waals surface area contributed by atoms with Crippen molar-refractivity contribution in [3.63, 3.8) is 0 Å². The molecule has 0 aromatic heterocycles. The average Bonchev–Trinajstić information content (AvgIpc) is 2.84. The van der Waals surface area contributed by atoms with Crippen LogP contribution < -0.4 is 5.32 Å². The van der Waals surface area contributed by atoms with Crippen LogP contribution in [0.2, 0.25) is 0 Å². The number of nitrogens with one attached hydrogen (secondary N) is 1. The summed E-state index contributed by atoms with van der Waals surface area (Å²) in [5.74, 6) is -0.176. The summed E-state index contributed by atoms with van der Waals surface area (Å²) >= 11 is 0. The number of hydrogen-bond acceptors (Lipinski definition) is 3. The Morgan fingerprint density at radius 2 is 2.09 bits per heavy atom. The molecule has 23 heavy (non-hydrogen) atoms. The van der Waals surface area contributed by atoms with Crippen molar-refractivity contribution in [1.29, 1.82) is 0 Å². The van der Waals surface area contributed by atoms with E-state index >= 15 is 0 Å². The van der Waals surface area contributed by atoms with Gasteiger partial charge in [0.2, 0.25) is 5.91 Å². The van der Waals surface area contributed by atoms with E-state index < -0.39 is 0 Å². The van der Waals surface area contributed by atoms with Crippen LogP contribution in [0.25, 0.3) is 0 Å². The quantitative estimate of drug-likeness (QED) is 0.648. The van der Waals surface area contributed by atoms with Crippen LogP contribution >= 0.6 is 0 Å². The molecule has 0 unspecified atom stereocenters. The average molecular weight is 314 g/mol. The highest BCUT2D eigenvalue weighted by Gasteiger charge is 2.41. The monoisotopic (exact) mass is 314 g/mol. The van der Waals surface area contributed by atoms with Crippen LogP contribution in [0.4, 0.5) is 0 Å². The minimum absolute atomic E-state index is 0.0125. The first-order valence-corrected chi connectivity index (χ1v) is 8.47. The molecular weight excluding hydrogens is 292 g/mol. The summed E-state index contributed by atoms with van der Waals surface area (Å²) in [4.78, 5) is 24.0. The minimum Gasteiger partial charge on any atom is -0.356 e. The van der Waals surface area contributed by atoms with Gasteiger partial charge in [0, 0.05) is 23.9 Å². The molecule has 1 aliphatic heterocycles. The van der Waals surface area contributed by atoms with E-state index in [4.69, 9.17) is 0 Å². The van der Waals surface area contributed by atoms with Crippen molar-refractivity contribution in [2.75, 3.05) is 6.54 Å². The van der Waals surface area contributed by atoms with E-state index in [9.17, 15) is 14.8 Å². The molecule has 2 aliphatic carbocycles. The number of carbonyl (C=O) groups excluding carboxylic acids is 2. The highest BCUT2D eigenvalue weighted by molar-refractivity contribution is 5.94. The third-order valence-electron chi connectivity index (χ3n) is 5.77. The van der Waals surface area contributed by atoms with Crippen LogP contribution in [0.3, 0.4) is 0 Å². The summed E-state index contributed by atoms with van der Waals surface area (Å²) < 4.78 is 0. The molecule has 122 valence electrons. The van der Waals surface area contributed by atoms with E-state index in [2.05, 4.69) is 5.32 Å². The molecule has 0 radical (unpaired) electrons. The lowest BCUT2D eigenvalue weighted by Gasteiger charge is -2.34. The van der Waals surface area contributed by atoms with Gasteiger partial charge in [0.1, 0.15) is 0 Å². The largest absolute Gasteiger partial charge is 0.356 e. The van der Waals surface area contributed by atoms with Crippen LogP contribution in [-0.2, 0) is 17.6 Å². The van der Waals surface area contributed by atoms with E-state index in [1.807, 2.05) is 18.2 Å². The molecule has 1 spiro atoms. The molecule has 4 rings (SSSR count). The van der Waals surface area contributed by atoms with Crippen LogP contribution in [0.15, 0.2) is 18.2 Å². The van der Waals surface area contributed by atoms with Gasteiger partial charge in [-0.15, -0.1) is 0 Å². The maximum absolute atomic E-state index is 12.4. The van der Waals surface area contributed by atoms with Gasteiger partial charge < -0.3 is 5.32 Å². The van der Waals surface area contributed by atoms with Gasteiger partial charge in [0.25, 0.3) is 5.91 Å². The number of carbonyl (C=O) groups is 2. The number of nitrogens with zero attached hydrogens (tertiary/aromatic N) is 1. The second-order valence-corrected chi connectivity index (χ2v) is 7.35. The summed E-state index contributed by atoms with van der Waals surface area (Å²) in [5.41, 5.74) is 2.98. The number of rotatable bonds is 2. The molecule has 3 aliphatic rings. The zero-order valence-corrected chi connectivity index (χ0v) is 13.2. The molecule has 5 heteroatoms. The lowest BCUT2D eigenvalue weighted by atomic mass is 9.71. The summed E-state index contributed by atoms with van der Waals surface area (Å²) in [6.45, 7) is 0.734. The molecule has 1 aromatic carbocycles. The van der Waals surface area contributed by atoms with Crippen LogP contribution in [0, 0.1) is 5.41 Å². The van der Waals surface area contributed by atoms with Crippen molar-refractivity contribution in [1.82, 2.24) is 10.4 Å². The van der Waals surface area contributed by atoms with Gasteiger partial charge in [-0.2, -0.15) is 0 Å². The van der Waals surface area contributed by atoms with E-state index in [-0.39, 0.29) is 23.3 Å². The Morgan fingerprint density at radius 1 is 1.26 bits per heavy atom. The van der Waals surface area contributed by atoms with Crippen molar-refractivity contribution in [3.8, 4) is 0 Å². The first-order chi connectivity index (χ1) is 11.1. The first-order valence-electron chi connectivity index (χ1n) is 8.47. The van der Waals surface area contributed by atoms with E-state index in [1.54, 1.807) is 0 Å². The first kappa shape index (κ1) is 14.7. The number of hydroxylamine groups is 2. The second kappa shape index (κ2) is 5.34. The van der Waals surface area contributed by atoms with Gasteiger partial charge in [-0.3, -0.25) is 14.8 Å². The Kier molecular flexibility index (Phi) is 3.41. The van der Waals surface area contributed by atoms with Crippen molar-refractivity contribution >= 4 is 11.8 Å². The highest BCUT2D eigenvalue weighted by atomic mass is 16.5. The minimum atomic E-state index is -0.308. The van der Waals surface area contributed by atoms with Crippen LogP contribution in [0.1, 0.15) is 53.6 Å². The Labute approximate surface area is 135 Å². The Hall–Kier alpha value is -1.88. The van der Waals surface area contributed by atoms with Gasteiger partial charge in [-0.25, -0.2) is 5.06 Å². The van der Waals surface area contributed by atoms with Crippen LogP contribution in [0.5, 0.6) is 0 Å². The lowest BCUT2D eigenvalue weighted by Crippen LogP contribution is -2.41. The molecule has 2 N–H and O–H groups in total. The number of aryl methyl sites for hydroxylation is 1. The smallest absolute Gasteiger partial charge is 0.277 e. The van der Waals surface area contributed by atoms with Gasteiger partial charge >= 0.3 is 0 Å². The molecule has 1 atom stereocenters. The number of benzene rings is 1. The fourth-order valence-electron chi connectivity index (χ4n) is 4.04. The Morgan fingerprint density at radius 3 is 2.74 bits per heavy atom. The van der Waals surface area contributed by atoms with E-state index in [0.717, 1.165) is 55.7 Å². The second-order valence-electron chi connectivity index (χ2n) is 7.35. The fraction of sp³-hybridized carbons (Fsp3) is 0.556. The van der Waals surface area contributed by atoms with Gasteiger partial charge in [0.05, 0.1) is 6.04 Å². The van der Waals surface area contributed by atoms with Gasteiger partial charge in [-0.05, 0) is 61.8 Å². The van der Waals surface area contributed by atoms with Crippen molar-refractivity contribution in [2.24, 2.45) is 5.41 Å². The zero-order chi connectivity index (χ0) is 16.0. The normalized spacial score (nSPS) is 26.6. The molecule has 2 fully saturated rings. The highest BCUT2D eigenvalue weighted by Crippen LogP contribution is 2.40. The maximum Gasteiger partial charge on any atom is 0.277 e. The summed E-state index contributed by atoms with van der Waals surface area (Å²) in [6.07, 6.45) is 6.21. The predicted octanol–water partition coefficient (Wildman–Crippen LogP) is 2.07. The molecule has 1 heterocycles. The molecule has 1 saturated heterocycles. The number of amides is 2. The summed E-state index contributed by atoms with van der Waals surface area (Å²) in [5, 5.41) is 13.9.